The van der Waals surface area contributed by atoms with Gasteiger partial charge in [-0.1, -0.05) is 11.6 Å². The van der Waals surface area contributed by atoms with E-state index in [1.807, 2.05) is 0 Å². The summed E-state index contributed by atoms with van der Waals surface area (Å²) in [4.78, 5) is 12.6. The number of methoxy groups -OCH3 is 1. The van der Waals surface area contributed by atoms with Gasteiger partial charge in [0.25, 0.3) is 0 Å². The highest BCUT2D eigenvalue weighted by Gasteiger charge is 2.12. The third kappa shape index (κ3) is 3.68. The van der Waals surface area contributed by atoms with Crippen molar-refractivity contribution in [2.75, 3.05) is 12.9 Å². The van der Waals surface area contributed by atoms with E-state index >= 15 is 0 Å². The monoisotopic (exact) mass is 308 g/mol. The van der Waals surface area contributed by atoms with Crippen LogP contribution in [0, 0.1) is 0 Å². The highest BCUT2D eigenvalue weighted by molar-refractivity contribution is 7.85. The lowest BCUT2D eigenvalue weighted by Gasteiger charge is -2.04. The molecule has 0 fully saturated rings. The molecule has 0 amide bonds. The molecule has 0 aliphatic carbocycles. The van der Waals surface area contributed by atoms with Gasteiger partial charge in [0.15, 0.2) is 5.78 Å². The maximum atomic E-state index is 12.1. The van der Waals surface area contributed by atoms with E-state index in [2.05, 4.69) is 0 Å². The first kappa shape index (κ1) is 14.8. The Kier molecular flexibility index (Phi) is 4.93. The van der Waals surface area contributed by atoms with Crippen molar-refractivity contribution in [1.82, 2.24) is 0 Å². The Morgan fingerprint density at radius 2 is 1.70 bits per heavy atom. The first-order valence-electron chi connectivity index (χ1n) is 5.91. The molecule has 2 aromatic carbocycles. The lowest BCUT2D eigenvalue weighted by Crippen LogP contribution is -2.11. The zero-order valence-electron chi connectivity index (χ0n) is 10.8. The van der Waals surface area contributed by atoms with Gasteiger partial charge >= 0.3 is 0 Å². The van der Waals surface area contributed by atoms with Crippen LogP contribution in [-0.2, 0) is 10.8 Å². The van der Waals surface area contributed by atoms with Gasteiger partial charge in [-0.15, -0.1) is 0 Å². The molecule has 0 aliphatic heterocycles. The molecular weight excluding hydrogens is 296 g/mol. The second-order valence-corrected chi connectivity index (χ2v) is 5.98. The van der Waals surface area contributed by atoms with Crippen LogP contribution in [0.4, 0.5) is 0 Å². The van der Waals surface area contributed by atoms with Gasteiger partial charge in [0.05, 0.1) is 23.7 Å². The summed E-state index contributed by atoms with van der Waals surface area (Å²) < 4.78 is 17.2. The van der Waals surface area contributed by atoms with Crippen molar-refractivity contribution in [2.45, 2.75) is 4.90 Å². The summed E-state index contributed by atoms with van der Waals surface area (Å²) in [5.41, 5.74) is 0.510. The molecule has 0 heterocycles. The Bertz CT molecular complexity index is 621. The topological polar surface area (TPSA) is 43.4 Å². The first-order chi connectivity index (χ1) is 9.60. The molecule has 1 atom stereocenters. The number of halogens is 1. The van der Waals surface area contributed by atoms with Crippen molar-refractivity contribution in [3.05, 3.63) is 59.1 Å². The van der Waals surface area contributed by atoms with Crippen LogP contribution >= 0.6 is 11.6 Å². The van der Waals surface area contributed by atoms with Crippen molar-refractivity contribution in [3.63, 3.8) is 0 Å². The number of rotatable bonds is 5. The molecule has 1 unspecified atom stereocenters. The standard InChI is InChI=1S/C15H13ClO3S/c1-19-13-6-8-14(9-7-13)20(18)10-15(17)11-2-4-12(16)5-3-11/h2-9H,10H2,1H3. The van der Waals surface area contributed by atoms with Crippen LogP contribution in [0.2, 0.25) is 5.02 Å². The largest absolute Gasteiger partial charge is 0.497 e. The van der Waals surface area contributed by atoms with E-state index in [1.54, 1.807) is 55.6 Å². The lowest BCUT2D eigenvalue weighted by atomic mass is 10.1. The second kappa shape index (κ2) is 6.68. The number of Topliss-reactive ketones (excluding diaryl/α,β-unsaturated/α-hetero) is 1. The van der Waals surface area contributed by atoms with Gasteiger partial charge in [-0.05, 0) is 48.5 Å². The minimum atomic E-state index is -1.37. The van der Waals surface area contributed by atoms with Crippen LogP contribution in [0.25, 0.3) is 0 Å². The lowest BCUT2D eigenvalue weighted by molar-refractivity contribution is 0.102. The number of carbonyl (C=O) groups excluding carboxylic acids is 1. The van der Waals surface area contributed by atoms with Gasteiger partial charge in [-0.25, -0.2) is 0 Å². The van der Waals surface area contributed by atoms with Gasteiger partial charge in [0.1, 0.15) is 5.75 Å². The summed E-state index contributed by atoms with van der Waals surface area (Å²) in [7, 11) is 0.198. The van der Waals surface area contributed by atoms with E-state index in [4.69, 9.17) is 16.3 Å². The molecule has 104 valence electrons. The van der Waals surface area contributed by atoms with Gasteiger partial charge in [-0.2, -0.15) is 0 Å². The van der Waals surface area contributed by atoms with Crippen LogP contribution in [0.15, 0.2) is 53.4 Å². The predicted octanol–water partition coefficient (Wildman–Crippen LogP) is 3.34. The van der Waals surface area contributed by atoms with Gasteiger partial charge in [0, 0.05) is 15.5 Å². The van der Waals surface area contributed by atoms with Crippen molar-refractivity contribution in [1.29, 1.82) is 0 Å². The molecule has 0 N–H and O–H groups in total. The Labute approximate surface area is 125 Å². The zero-order valence-corrected chi connectivity index (χ0v) is 12.4. The number of carbonyl (C=O) groups is 1. The molecule has 0 saturated heterocycles. The number of hydrogen-bond donors (Lipinski definition) is 0. The van der Waals surface area contributed by atoms with Crippen molar-refractivity contribution in [3.8, 4) is 5.75 Å². The third-order valence-electron chi connectivity index (χ3n) is 2.75. The number of ketones is 1. The van der Waals surface area contributed by atoms with Gasteiger partial charge < -0.3 is 4.74 Å². The highest BCUT2D eigenvalue weighted by Crippen LogP contribution is 2.16. The Hall–Kier alpha value is -1.65. The highest BCUT2D eigenvalue weighted by atomic mass is 35.5. The van der Waals surface area contributed by atoms with E-state index in [0.29, 0.717) is 21.2 Å². The summed E-state index contributed by atoms with van der Waals surface area (Å²) in [5, 5.41) is 0.567. The summed E-state index contributed by atoms with van der Waals surface area (Å²) in [5.74, 6) is 0.471. The Balaban J connectivity index is 2.06. The molecular formula is C15H13ClO3S. The van der Waals surface area contributed by atoms with Crippen LogP contribution in [0.3, 0.4) is 0 Å². The van der Waals surface area contributed by atoms with Crippen molar-refractivity contribution in [2.24, 2.45) is 0 Å². The molecule has 0 spiro atoms. The molecule has 20 heavy (non-hydrogen) atoms. The second-order valence-electron chi connectivity index (χ2n) is 4.10. The molecule has 0 saturated carbocycles. The third-order valence-corrected chi connectivity index (χ3v) is 4.33. The summed E-state index contributed by atoms with van der Waals surface area (Å²) in [6.45, 7) is 0. The summed E-state index contributed by atoms with van der Waals surface area (Å²) in [6, 6.07) is 13.4. The van der Waals surface area contributed by atoms with Gasteiger partial charge in [0.2, 0.25) is 0 Å². The van der Waals surface area contributed by atoms with E-state index in [-0.39, 0.29) is 11.5 Å². The Morgan fingerprint density at radius 3 is 2.25 bits per heavy atom. The zero-order chi connectivity index (χ0) is 14.5. The van der Waals surface area contributed by atoms with Crippen LogP contribution in [0.5, 0.6) is 5.75 Å². The number of ether oxygens (including phenoxy) is 1. The summed E-state index contributed by atoms with van der Waals surface area (Å²) >= 11 is 5.76. The minimum Gasteiger partial charge on any atom is -0.497 e. The van der Waals surface area contributed by atoms with Crippen molar-refractivity contribution < 1.29 is 13.7 Å². The predicted molar refractivity (Wildman–Crippen MR) is 80.1 cm³/mol. The minimum absolute atomic E-state index is 0.0477. The maximum absolute atomic E-state index is 12.1. The van der Waals surface area contributed by atoms with E-state index in [9.17, 15) is 9.00 Å². The average Bonchev–Trinajstić information content (AvgIpc) is 2.48. The molecule has 3 nitrogen and oxygen atoms in total. The molecule has 5 heteroatoms. The fourth-order valence-electron chi connectivity index (χ4n) is 1.65. The SMILES string of the molecule is COc1ccc(S(=O)CC(=O)c2ccc(Cl)cc2)cc1. The molecule has 0 radical (unpaired) electrons. The Morgan fingerprint density at radius 1 is 1.10 bits per heavy atom. The van der Waals surface area contributed by atoms with Gasteiger partial charge in [-0.3, -0.25) is 9.00 Å². The van der Waals surface area contributed by atoms with Crippen molar-refractivity contribution >= 4 is 28.2 Å². The fraction of sp³-hybridized carbons (Fsp3) is 0.133. The maximum Gasteiger partial charge on any atom is 0.175 e. The number of benzene rings is 2. The average molecular weight is 309 g/mol. The quantitative estimate of drug-likeness (QED) is 0.796. The molecule has 0 bridgehead atoms. The molecule has 2 rings (SSSR count). The number of hydrogen-bond acceptors (Lipinski definition) is 3. The molecule has 0 aromatic heterocycles. The molecule has 0 aliphatic rings. The van der Waals surface area contributed by atoms with Crippen LogP contribution in [0.1, 0.15) is 10.4 Å². The van der Waals surface area contributed by atoms with E-state index in [1.165, 1.54) is 0 Å². The van der Waals surface area contributed by atoms with E-state index < -0.39 is 10.8 Å². The first-order valence-corrected chi connectivity index (χ1v) is 7.61. The smallest absolute Gasteiger partial charge is 0.175 e. The molecule has 2 aromatic rings. The van der Waals surface area contributed by atoms with Crippen LogP contribution < -0.4 is 4.74 Å². The van der Waals surface area contributed by atoms with Crippen LogP contribution in [-0.4, -0.2) is 22.9 Å². The van der Waals surface area contributed by atoms with E-state index in [0.717, 1.165) is 0 Å². The fourth-order valence-corrected chi connectivity index (χ4v) is 2.79. The normalized spacial score (nSPS) is 11.9. The summed E-state index contributed by atoms with van der Waals surface area (Å²) in [6.07, 6.45) is 0.